The fourth-order valence-corrected chi connectivity index (χ4v) is 2.03. The molecule has 0 aliphatic carbocycles. The molecule has 2 rings (SSSR count). The van der Waals surface area contributed by atoms with E-state index >= 15 is 0 Å². The van der Waals surface area contributed by atoms with Crippen LogP contribution >= 0.6 is 0 Å². The van der Waals surface area contributed by atoms with E-state index in [1.807, 2.05) is 43.3 Å². The lowest BCUT2D eigenvalue weighted by Gasteiger charge is -2.15. The first kappa shape index (κ1) is 12.5. The van der Waals surface area contributed by atoms with Crippen LogP contribution in [0.3, 0.4) is 0 Å². The molecule has 0 amide bonds. The lowest BCUT2D eigenvalue weighted by molar-refractivity contribution is -0.119. The molecule has 1 heterocycles. The van der Waals surface area contributed by atoms with Crippen LogP contribution in [0.15, 0.2) is 54.7 Å². The van der Waals surface area contributed by atoms with Crippen molar-refractivity contribution in [1.82, 2.24) is 4.98 Å². The van der Waals surface area contributed by atoms with Crippen LogP contribution in [-0.2, 0) is 4.79 Å². The van der Waals surface area contributed by atoms with E-state index in [0.717, 1.165) is 11.3 Å². The fourth-order valence-electron chi connectivity index (χ4n) is 2.03. The number of hydrogen-bond donors (Lipinski definition) is 0. The molecular weight excluding hydrogens is 222 g/mol. The molecule has 2 aromatic rings. The second kappa shape index (κ2) is 6.10. The van der Waals surface area contributed by atoms with Crippen LogP contribution in [0.2, 0.25) is 0 Å². The Hall–Kier alpha value is -1.96. The Bertz CT molecular complexity index is 454. The third-order valence-electron chi connectivity index (χ3n) is 3.07. The number of benzene rings is 1. The zero-order chi connectivity index (χ0) is 12.8. The van der Waals surface area contributed by atoms with Gasteiger partial charge in [-0.15, -0.1) is 0 Å². The minimum Gasteiger partial charge on any atom is -0.300 e. The summed E-state index contributed by atoms with van der Waals surface area (Å²) in [4.78, 5) is 16.1. The molecule has 92 valence electrons. The standard InChI is InChI=1S/C16H17NO/c1-2-14(18)12-15(13-8-4-3-5-9-13)16-10-6-7-11-17-16/h3-11,15H,2,12H2,1H3. The molecule has 0 saturated heterocycles. The summed E-state index contributed by atoms with van der Waals surface area (Å²) in [6, 6.07) is 16.0. The molecular formula is C16H17NO. The number of ketones is 1. The van der Waals surface area contributed by atoms with Crippen molar-refractivity contribution in [2.75, 3.05) is 0 Å². The lowest BCUT2D eigenvalue weighted by Crippen LogP contribution is -2.09. The summed E-state index contributed by atoms with van der Waals surface area (Å²) in [5, 5.41) is 0. The Morgan fingerprint density at radius 1 is 1.11 bits per heavy atom. The van der Waals surface area contributed by atoms with Crippen molar-refractivity contribution < 1.29 is 4.79 Å². The zero-order valence-corrected chi connectivity index (χ0v) is 10.5. The Labute approximate surface area is 108 Å². The summed E-state index contributed by atoms with van der Waals surface area (Å²) in [7, 11) is 0. The highest BCUT2D eigenvalue weighted by atomic mass is 16.1. The average molecular weight is 239 g/mol. The Morgan fingerprint density at radius 2 is 1.83 bits per heavy atom. The maximum absolute atomic E-state index is 11.7. The van der Waals surface area contributed by atoms with E-state index in [2.05, 4.69) is 17.1 Å². The van der Waals surface area contributed by atoms with Gasteiger partial charge in [-0.1, -0.05) is 43.3 Å². The van der Waals surface area contributed by atoms with Gasteiger partial charge in [0.15, 0.2) is 0 Å². The quantitative estimate of drug-likeness (QED) is 0.798. The van der Waals surface area contributed by atoms with Crippen LogP contribution in [0.5, 0.6) is 0 Å². The van der Waals surface area contributed by atoms with E-state index in [0.29, 0.717) is 12.8 Å². The maximum Gasteiger partial charge on any atom is 0.133 e. The van der Waals surface area contributed by atoms with Crippen LogP contribution in [0, 0.1) is 0 Å². The van der Waals surface area contributed by atoms with Gasteiger partial charge in [0.2, 0.25) is 0 Å². The van der Waals surface area contributed by atoms with Crippen molar-refractivity contribution in [3.8, 4) is 0 Å². The topological polar surface area (TPSA) is 30.0 Å². The molecule has 18 heavy (non-hydrogen) atoms. The molecule has 0 aliphatic rings. The maximum atomic E-state index is 11.7. The van der Waals surface area contributed by atoms with Gasteiger partial charge in [-0.2, -0.15) is 0 Å². The normalized spacial score (nSPS) is 12.1. The van der Waals surface area contributed by atoms with Gasteiger partial charge in [0, 0.05) is 30.7 Å². The van der Waals surface area contributed by atoms with Crippen molar-refractivity contribution in [2.24, 2.45) is 0 Å². The van der Waals surface area contributed by atoms with Crippen molar-refractivity contribution in [1.29, 1.82) is 0 Å². The zero-order valence-electron chi connectivity index (χ0n) is 10.5. The molecule has 1 unspecified atom stereocenters. The SMILES string of the molecule is CCC(=O)CC(c1ccccc1)c1ccccn1. The number of rotatable bonds is 5. The van der Waals surface area contributed by atoms with E-state index in [-0.39, 0.29) is 11.7 Å². The average Bonchev–Trinajstić information content (AvgIpc) is 2.46. The summed E-state index contributed by atoms with van der Waals surface area (Å²) in [5.41, 5.74) is 2.11. The molecule has 2 nitrogen and oxygen atoms in total. The minimum atomic E-state index is 0.0693. The van der Waals surface area contributed by atoms with Gasteiger partial charge in [0.1, 0.15) is 5.78 Å². The van der Waals surface area contributed by atoms with Crippen LogP contribution in [0.4, 0.5) is 0 Å². The monoisotopic (exact) mass is 239 g/mol. The first-order valence-electron chi connectivity index (χ1n) is 6.29. The molecule has 1 atom stereocenters. The van der Waals surface area contributed by atoms with Gasteiger partial charge in [-0.25, -0.2) is 0 Å². The van der Waals surface area contributed by atoms with Gasteiger partial charge in [0.05, 0.1) is 0 Å². The largest absolute Gasteiger partial charge is 0.300 e. The number of Topliss-reactive ketones (excluding diaryl/α,β-unsaturated/α-hetero) is 1. The summed E-state index contributed by atoms with van der Waals surface area (Å²) in [6.07, 6.45) is 2.88. The Morgan fingerprint density at radius 3 is 2.44 bits per heavy atom. The molecule has 0 spiro atoms. The van der Waals surface area contributed by atoms with E-state index in [1.165, 1.54) is 0 Å². The van der Waals surface area contributed by atoms with Gasteiger partial charge < -0.3 is 0 Å². The van der Waals surface area contributed by atoms with E-state index in [4.69, 9.17) is 0 Å². The first-order valence-corrected chi connectivity index (χ1v) is 6.29. The molecule has 0 radical (unpaired) electrons. The van der Waals surface area contributed by atoms with Gasteiger partial charge in [0.25, 0.3) is 0 Å². The summed E-state index contributed by atoms with van der Waals surface area (Å²) < 4.78 is 0. The molecule has 0 saturated carbocycles. The lowest BCUT2D eigenvalue weighted by atomic mass is 9.90. The number of carbonyl (C=O) groups is 1. The third kappa shape index (κ3) is 3.04. The van der Waals surface area contributed by atoms with Crippen molar-refractivity contribution in [3.05, 3.63) is 66.0 Å². The second-order valence-corrected chi connectivity index (χ2v) is 4.31. The molecule has 1 aromatic carbocycles. The summed E-state index contributed by atoms with van der Waals surface area (Å²) in [6.45, 7) is 1.91. The number of nitrogens with zero attached hydrogens (tertiary/aromatic N) is 1. The van der Waals surface area contributed by atoms with Gasteiger partial charge in [-0.05, 0) is 17.7 Å². The number of aromatic nitrogens is 1. The van der Waals surface area contributed by atoms with Crippen LogP contribution in [0.25, 0.3) is 0 Å². The van der Waals surface area contributed by atoms with E-state index in [9.17, 15) is 4.79 Å². The van der Waals surface area contributed by atoms with Gasteiger partial charge >= 0.3 is 0 Å². The highest BCUT2D eigenvalue weighted by Gasteiger charge is 2.17. The molecule has 0 bridgehead atoms. The van der Waals surface area contributed by atoms with Crippen LogP contribution in [-0.4, -0.2) is 10.8 Å². The molecule has 0 fully saturated rings. The number of pyridine rings is 1. The highest BCUT2D eigenvalue weighted by molar-refractivity contribution is 5.79. The number of carbonyl (C=O) groups excluding carboxylic acids is 1. The predicted octanol–water partition coefficient (Wildman–Crippen LogP) is 3.58. The van der Waals surface area contributed by atoms with Crippen LogP contribution < -0.4 is 0 Å². The molecule has 0 N–H and O–H groups in total. The smallest absolute Gasteiger partial charge is 0.133 e. The minimum absolute atomic E-state index is 0.0693. The highest BCUT2D eigenvalue weighted by Crippen LogP contribution is 2.26. The summed E-state index contributed by atoms with van der Waals surface area (Å²) >= 11 is 0. The first-order chi connectivity index (χ1) is 8.81. The van der Waals surface area contributed by atoms with Crippen LogP contribution in [0.1, 0.15) is 36.9 Å². The predicted molar refractivity (Wildman–Crippen MR) is 72.4 cm³/mol. The Balaban J connectivity index is 2.32. The van der Waals surface area contributed by atoms with Crippen molar-refractivity contribution in [3.63, 3.8) is 0 Å². The summed E-state index contributed by atoms with van der Waals surface area (Å²) in [5.74, 6) is 0.342. The molecule has 0 aliphatic heterocycles. The van der Waals surface area contributed by atoms with E-state index in [1.54, 1.807) is 6.20 Å². The van der Waals surface area contributed by atoms with Crippen molar-refractivity contribution in [2.45, 2.75) is 25.7 Å². The molecule has 1 aromatic heterocycles. The second-order valence-electron chi connectivity index (χ2n) is 4.31. The van der Waals surface area contributed by atoms with Gasteiger partial charge in [-0.3, -0.25) is 9.78 Å². The van der Waals surface area contributed by atoms with E-state index < -0.39 is 0 Å². The number of hydrogen-bond acceptors (Lipinski definition) is 2. The molecule has 2 heteroatoms. The Kier molecular flexibility index (Phi) is 4.24. The fraction of sp³-hybridized carbons (Fsp3) is 0.250. The van der Waals surface area contributed by atoms with Crippen molar-refractivity contribution >= 4 is 5.78 Å². The third-order valence-corrected chi connectivity index (χ3v) is 3.07.